The molecule has 5 nitrogen and oxygen atoms in total. The second kappa shape index (κ2) is 10.3. The van der Waals surface area contributed by atoms with Crippen molar-refractivity contribution in [3.8, 4) is 11.5 Å². The lowest BCUT2D eigenvalue weighted by atomic mass is 10.2. The van der Waals surface area contributed by atoms with Gasteiger partial charge in [0.1, 0.15) is 11.5 Å². The summed E-state index contributed by atoms with van der Waals surface area (Å²) in [6.07, 6.45) is 0. The third-order valence-electron chi connectivity index (χ3n) is 3.40. The normalized spacial score (nSPS) is 10.4. The molecule has 0 aliphatic carbocycles. The molecule has 0 radical (unpaired) electrons. The van der Waals surface area contributed by atoms with Crippen molar-refractivity contribution in [2.45, 2.75) is 20.8 Å². The molecule has 0 fully saturated rings. The first-order valence-electron chi connectivity index (χ1n) is 8.66. The van der Waals surface area contributed by atoms with Gasteiger partial charge in [0.05, 0.1) is 17.7 Å². The average molecular weight is 451 g/mol. The molecule has 0 spiro atoms. The fourth-order valence-electron chi connectivity index (χ4n) is 2.18. The predicted molar refractivity (Wildman–Crippen MR) is 116 cm³/mol. The third-order valence-corrected chi connectivity index (χ3v) is 4.22. The highest BCUT2D eigenvalue weighted by Gasteiger charge is 2.11. The minimum Gasteiger partial charge on any atom is -0.494 e. The highest BCUT2D eigenvalue weighted by atomic mass is 79.9. The molecule has 0 heterocycles. The quantitative estimate of drug-likeness (QED) is 0.580. The van der Waals surface area contributed by atoms with Crippen molar-refractivity contribution in [2.75, 3.05) is 18.5 Å². The number of anilines is 1. The number of benzene rings is 2. The Morgan fingerprint density at radius 3 is 2.63 bits per heavy atom. The molecule has 0 saturated carbocycles. The zero-order valence-corrected chi connectivity index (χ0v) is 17.9. The van der Waals surface area contributed by atoms with Gasteiger partial charge in [-0.2, -0.15) is 0 Å². The molecule has 144 valence electrons. The van der Waals surface area contributed by atoms with Gasteiger partial charge in [-0.1, -0.05) is 19.9 Å². The van der Waals surface area contributed by atoms with E-state index in [1.807, 2.05) is 31.2 Å². The van der Waals surface area contributed by atoms with Crippen molar-refractivity contribution in [2.24, 2.45) is 5.92 Å². The molecule has 0 unspecified atom stereocenters. The highest BCUT2D eigenvalue weighted by molar-refractivity contribution is 9.10. The van der Waals surface area contributed by atoms with Crippen LogP contribution in [0.15, 0.2) is 46.9 Å². The maximum absolute atomic E-state index is 12.4. The molecule has 2 rings (SSSR count). The lowest BCUT2D eigenvalue weighted by Gasteiger charge is -2.13. The molecule has 0 atom stereocenters. The summed E-state index contributed by atoms with van der Waals surface area (Å²) in [6, 6.07) is 12.6. The van der Waals surface area contributed by atoms with E-state index >= 15 is 0 Å². The summed E-state index contributed by atoms with van der Waals surface area (Å²) in [4.78, 5) is 12.4. The van der Waals surface area contributed by atoms with Crippen molar-refractivity contribution in [3.63, 3.8) is 0 Å². The highest BCUT2D eigenvalue weighted by Crippen LogP contribution is 2.26. The van der Waals surface area contributed by atoms with Gasteiger partial charge < -0.3 is 14.8 Å². The Balaban J connectivity index is 1.97. The number of rotatable bonds is 7. The Bertz CT molecular complexity index is 812. The Morgan fingerprint density at radius 1 is 1.19 bits per heavy atom. The number of amides is 1. The predicted octanol–water partition coefficient (Wildman–Crippen LogP) is 5.01. The topological polar surface area (TPSA) is 59.6 Å². The molecular weight excluding hydrogens is 428 g/mol. The molecule has 7 heteroatoms. The van der Waals surface area contributed by atoms with Gasteiger partial charge in [-0.05, 0) is 71.3 Å². The molecule has 2 aromatic rings. The smallest absolute Gasteiger partial charge is 0.257 e. The van der Waals surface area contributed by atoms with Crippen molar-refractivity contribution in [1.29, 1.82) is 0 Å². The molecule has 0 aromatic heterocycles. The van der Waals surface area contributed by atoms with Gasteiger partial charge in [0.2, 0.25) is 0 Å². The number of nitrogens with one attached hydrogen (secondary N) is 2. The van der Waals surface area contributed by atoms with Crippen LogP contribution >= 0.6 is 28.1 Å². The Morgan fingerprint density at radius 2 is 1.96 bits per heavy atom. The van der Waals surface area contributed by atoms with E-state index in [2.05, 4.69) is 40.4 Å². The molecule has 1 amide bonds. The summed E-state index contributed by atoms with van der Waals surface area (Å²) < 4.78 is 11.9. The second-order valence-electron chi connectivity index (χ2n) is 6.22. The van der Waals surface area contributed by atoms with Crippen LogP contribution in [0.4, 0.5) is 5.69 Å². The Kier molecular flexibility index (Phi) is 8.06. The zero-order valence-electron chi connectivity index (χ0n) is 15.5. The van der Waals surface area contributed by atoms with E-state index < -0.39 is 0 Å². The largest absolute Gasteiger partial charge is 0.494 e. The number of hydrogen-bond acceptors (Lipinski definition) is 4. The fourth-order valence-corrected chi connectivity index (χ4v) is 2.89. The van der Waals surface area contributed by atoms with Gasteiger partial charge in [0, 0.05) is 17.3 Å². The molecule has 2 aromatic carbocycles. The minimum absolute atomic E-state index is 0.213. The van der Waals surface area contributed by atoms with Crippen LogP contribution in [0.1, 0.15) is 31.1 Å². The third kappa shape index (κ3) is 6.84. The maximum atomic E-state index is 12.4. The van der Waals surface area contributed by atoms with Gasteiger partial charge in [-0.15, -0.1) is 0 Å². The fraction of sp³-hybridized carbons (Fsp3) is 0.300. The van der Waals surface area contributed by atoms with Crippen molar-refractivity contribution in [1.82, 2.24) is 5.32 Å². The molecule has 0 aliphatic rings. The first-order chi connectivity index (χ1) is 12.9. The molecule has 2 N–H and O–H groups in total. The zero-order chi connectivity index (χ0) is 19.8. The summed E-state index contributed by atoms with van der Waals surface area (Å²) in [5.74, 6) is 1.56. The second-order valence-corrected chi connectivity index (χ2v) is 7.48. The van der Waals surface area contributed by atoms with E-state index in [1.54, 1.807) is 18.2 Å². The monoisotopic (exact) mass is 450 g/mol. The summed E-state index contributed by atoms with van der Waals surface area (Å²) >= 11 is 8.67. The number of halogens is 1. The van der Waals surface area contributed by atoms with Crippen LogP contribution in [-0.4, -0.2) is 24.2 Å². The number of ether oxygens (including phenoxy) is 2. The van der Waals surface area contributed by atoms with Gasteiger partial charge in [0.25, 0.3) is 5.91 Å². The molecule has 27 heavy (non-hydrogen) atoms. The van der Waals surface area contributed by atoms with Crippen LogP contribution < -0.4 is 20.1 Å². The van der Waals surface area contributed by atoms with Crippen LogP contribution in [-0.2, 0) is 0 Å². The summed E-state index contributed by atoms with van der Waals surface area (Å²) in [5, 5.41) is 5.87. The molecular formula is C20H23BrN2O3S. The average Bonchev–Trinajstić information content (AvgIpc) is 2.61. The first kappa shape index (κ1) is 21.2. The van der Waals surface area contributed by atoms with E-state index in [9.17, 15) is 4.79 Å². The van der Waals surface area contributed by atoms with Crippen LogP contribution in [0.5, 0.6) is 11.5 Å². The standard InChI is InChI=1S/C20H23BrN2O3S/c1-4-25-16-7-5-6-15(11-16)22-20(27)23-19(24)14-8-9-18(17(21)10-14)26-12-13(2)3/h5-11,13H,4,12H2,1-3H3,(H2,22,23,24,27). The van der Waals surface area contributed by atoms with E-state index in [1.165, 1.54) is 0 Å². The van der Waals surface area contributed by atoms with E-state index in [-0.39, 0.29) is 11.0 Å². The van der Waals surface area contributed by atoms with Crippen molar-refractivity contribution in [3.05, 3.63) is 52.5 Å². The summed E-state index contributed by atoms with van der Waals surface area (Å²) in [7, 11) is 0. The lowest BCUT2D eigenvalue weighted by Crippen LogP contribution is -2.34. The molecule has 0 aliphatic heterocycles. The van der Waals surface area contributed by atoms with Crippen LogP contribution in [0.3, 0.4) is 0 Å². The first-order valence-corrected chi connectivity index (χ1v) is 9.86. The molecule has 0 saturated heterocycles. The van der Waals surface area contributed by atoms with Crippen LogP contribution in [0.25, 0.3) is 0 Å². The number of thiocarbonyl (C=S) groups is 1. The van der Waals surface area contributed by atoms with Gasteiger partial charge in [-0.3, -0.25) is 10.1 Å². The van der Waals surface area contributed by atoms with Gasteiger partial charge in [-0.25, -0.2) is 0 Å². The number of carbonyl (C=O) groups excluding carboxylic acids is 1. The Hall–Kier alpha value is -2.12. The number of hydrogen-bond donors (Lipinski definition) is 2. The SMILES string of the molecule is CCOc1cccc(NC(=S)NC(=O)c2ccc(OCC(C)C)c(Br)c2)c1. The summed E-state index contributed by atoms with van der Waals surface area (Å²) in [5.41, 5.74) is 1.22. The van der Waals surface area contributed by atoms with Gasteiger partial charge in [0.15, 0.2) is 5.11 Å². The molecule has 0 bridgehead atoms. The van der Waals surface area contributed by atoms with E-state index in [4.69, 9.17) is 21.7 Å². The van der Waals surface area contributed by atoms with E-state index in [0.717, 1.165) is 15.9 Å². The minimum atomic E-state index is -0.301. The summed E-state index contributed by atoms with van der Waals surface area (Å²) in [6.45, 7) is 7.26. The van der Waals surface area contributed by atoms with Gasteiger partial charge >= 0.3 is 0 Å². The number of carbonyl (C=O) groups is 1. The lowest BCUT2D eigenvalue weighted by molar-refractivity contribution is 0.0977. The van der Waals surface area contributed by atoms with Crippen LogP contribution in [0.2, 0.25) is 0 Å². The van der Waals surface area contributed by atoms with E-state index in [0.29, 0.717) is 30.4 Å². The Labute approximate surface area is 173 Å². The van der Waals surface area contributed by atoms with Crippen molar-refractivity contribution < 1.29 is 14.3 Å². The maximum Gasteiger partial charge on any atom is 0.257 e. The van der Waals surface area contributed by atoms with Crippen molar-refractivity contribution >= 4 is 44.9 Å². The van der Waals surface area contributed by atoms with Crippen LogP contribution in [0, 0.1) is 5.92 Å².